The number of nitrogens with zero attached hydrogens (tertiary/aromatic N) is 2. The maximum atomic E-state index is 13.3. The minimum absolute atomic E-state index is 0.0881. The van der Waals surface area contributed by atoms with Crippen molar-refractivity contribution in [3.63, 3.8) is 0 Å². The second-order valence-corrected chi connectivity index (χ2v) is 11.1. The van der Waals surface area contributed by atoms with Gasteiger partial charge in [-0.1, -0.05) is 49.2 Å². The molecule has 192 valence electrons. The Labute approximate surface area is 218 Å². The standard InChI is InChI=1S/C25H33Cl2N3O4S/c1-4-16-28-25(32)23(5-2)29(18-19-8-10-20(26)11-9-19)24(31)7-6-17-30(35(3,33)34)22-14-12-21(27)13-15-22/h8-15,23H,4-7,16-18H2,1-3H3,(H,28,32). The number of sulfonamides is 1. The highest BCUT2D eigenvalue weighted by Gasteiger charge is 2.28. The van der Waals surface area contributed by atoms with Gasteiger partial charge < -0.3 is 10.2 Å². The van der Waals surface area contributed by atoms with Crippen molar-refractivity contribution < 1.29 is 18.0 Å². The van der Waals surface area contributed by atoms with Crippen LogP contribution in [-0.4, -0.2) is 50.5 Å². The van der Waals surface area contributed by atoms with E-state index in [2.05, 4.69) is 5.32 Å². The average molecular weight is 543 g/mol. The minimum Gasteiger partial charge on any atom is -0.354 e. The first-order valence-electron chi connectivity index (χ1n) is 11.6. The van der Waals surface area contributed by atoms with E-state index in [1.807, 2.05) is 26.0 Å². The van der Waals surface area contributed by atoms with Gasteiger partial charge in [0.15, 0.2) is 0 Å². The fourth-order valence-corrected chi connectivity index (χ4v) is 4.90. The van der Waals surface area contributed by atoms with E-state index < -0.39 is 16.1 Å². The van der Waals surface area contributed by atoms with Gasteiger partial charge in [0.05, 0.1) is 11.9 Å². The van der Waals surface area contributed by atoms with Crippen molar-refractivity contribution in [2.45, 2.75) is 52.1 Å². The molecule has 0 aliphatic carbocycles. The summed E-state index contributed by atoms with van der Waals surface area (Å²) in [5.74, 6) is -0.418. The number of hydrogen-bond donors (Lipinski definition) is 1. The second-order valence-electron chi connectivity index (χ2n) is 8.28. The third-order valence-electron chi connectivity index (χ3n) is 5.47. The molecule has 0 bridgehead atoms. The van der Waals surface area contributed by atoms with Crippen LogP contribution in [0.4, 0.5) is 5.69 Å². The third kappa shape index (κ3) is 9.02. The Balaban J connectivity index is 2.18. The van der Waals surface area contributed by atoms with Gasteiger partial charge in [0.25, 0.3) is 0 Å². The van der Waals surface area contributed by atoms with E-state index >= 15 is 0 Å². The van der Waals surface area contributed by atoms with Crippen molar-refractivity contribution in [2.75, 3.05) is 23.7 Å². The molecule has 0 saturated carbocycles. The van der Waals surface area contributed by atoms with Crippen LogP contribution < -0.4 is 9.62 Å². The highest BCUT2D eigenvalue weighted by Crippen LogP contribution is 2.22. The van der Waals surface area contributed by atoms with Crippen LogP contribution in [0.25, 0.3) is 0 Å². The van der Waals surface area contributed by atoms with Crippen LogP contribution >= 0.6 is 23.2 Å². The molecule has 7 nitrogen and oxygen atoms in total. The number of amides is 2. The summed E-state index contributed by atoms with van der Waals surface area (Å²) >= 11 is 11.9. The number of halogens is 2. The quantitative estimate of drug-likeness (QED) is 0.391. The lowest BCUT2D eigenvalue weighted by atomic mass is 10.1. The van der Waals surface area contributed by atoms with Gasteiger partial charge in [-0.3, -0.25) is 13.9 Å². The van der Waals surface area contributed by atoms with E-state index in [1.54, 1.807) is 41.3 Å². The molecule has 2 rings (SSSR count). The van der Waals surface area contributed by atoms with Gasteiger partial charge in [-0.05, 0) is 61.2 Å². The number of hydrogen-bond acceptors (Lipinski definition) is 4. The van der Waals surface area contributed by atoms with Crippen LogP contribution in [-0.2, 0) is 26.2 Å². The maximum absolute atomic E-state index is 13.3. The summed E-state index contributed by atoms with van der Waals surface area (Å²) in [6, 6.07) is 13.0. The Hall–Kier alpha value is -2.29. The van der Waals surface area contributed by atoms with E-state index in [0.717, 1.165) is 18.2 Å². The average Bonchev–Trinajstić information content (AvgIpc) is 2.81. The molecule has 0 aliphatic heterocycles. The summed E-state index contributed by atoms with van der Waals surface area (Å²) in [5, 5.41) is 3.97. The SMILES string of the molecule is CCCNC(=O)C(CC)N(Cc1ccc(Cl)cc1)C(=O)CCCN(c1ccc(Cl)cc1)S(C)(=O)=O. The molecule has 2 aromatic carbocycles. The number of carbonyl (C=O) groups excluding carboxylic acids is 2. The smallest absolute Gasteiger partial charge is 0.242 e. The number of anilines is 1. The molecule has 1 unspecified atom stereocenters. The van der Waals surface area contributed by atoms with Crippen molar-refractivity contribution in [2.24, 2.45) is 0 Å². The van der Waals surface area contributed by atoms with Crippen LogP contribution in [0.1, 0.15) is 45.1 Å². The molecule has 10 heteroatoms. The van der Waals surface area contributed by atoms with Crippen molar-refractivity contribution in [1.82, 2.24) is 10.2 Å². The zero-order valence-corrected chi connectivity index (χ0v) is 22.7. The van der Waals surface area contributed by atoms with E-state index in [9.17, 15) is 18.0 Å². The Kier molecular flexibility index (Phi) is 11.3. The van der Waals surface area contributed by atoms with Gasteiger partial charge in [0.1, 0.15) is 6.04 Å². The molecule has 0 spiro atoms. The van der Waals surface area contributed by atoms with Crippen molar-refractivity contribution in [1.29, 1.82) is 0 Å². The highest BCUT2D eigenvalue weighted by molar-refractivity contribution is 7.92. The zero-order chi connectivity index (χ0) is 26.0. The van der Waals surface area contributed by atoms with E-state index in [-0.39, 0.29) is 31.3 Å². The topological polar surface area (TPSA) is 86.8 Å². The molecular formula is C25H33Cl2N3O4S. The Morgan fingerprint density at radius 1 is 0.971 bits per heavy atom. The monoisotopic (exact) mass is 541 g/mol. The fourth-order valence-electron chi connectivity index (χ4n) is 3.68. The lowest BCUT2D eigenvalue weighted by Crippen LogP contribution is -2.49. The summed E-state index contributed by atoms with van der Waals surface area (Å²) in [5.41, 5.74) is 1.33. The van der Waals surface area contributed by atoms with Gasteiger partial charge in [-0.25, -0.2) is 8.42 Å². The Morgan fingerprint density at radius 2 is 1.54 bits per heavy atom. The first kappa shape index (κ1) is 28.9. The fraction of sp³-hybridized carbons (Fsp3) is 0.440. The normalized spacial score (nSPS) is 12.1. The van der Waals surface area contributed by atoms with Gasteiger partial charge in [-0.15, -0.1) is 0 Å². The zero-order valence-electron chi connectivity index (χ0n) is 20.3. The number of carbonyl (C=O) groups is 2. The molecule has 35 heavy (non-hydrogen) atoms. The first-order chi connectivity index (χ1) is 16.6. The molecule has 0 heterocycles. The molecule has 1 N–H and O–H groups in total. The van der Waals surface area contributed by atoms with Crippen LogP contribution in [0.2, 0.25) is 10.0 Å². The number of rotatable bonds is 13. The summed E-state index contributed by atoms with van der Waals surface area (Å²) < 4.78 is 26.0. The van der Waals surface area contributed by atoms with E-state index in [4.69, 9.17) is 23.2 Å². The van der Waals surface area contributed by atoms with Crippen molar-refractivity contribution in [3.05, 3.63) is 64.1 Å². The van der Waals surface area contributed by atoms with Gasteiger partial charge in [0.2, 0.25) is 21.8 Å². The third-order valence-corrected chi connectivity index (χ3v) is 7.17. The summed E-state index contributed by atoms with van der Waals surface area (Å²) in [7, 11) is -3.56. The van der Waals surface area contributed by atoms with Crippen LogP contribution in [0.5, 0.6) is 0 Å². The molecule has 0 fully saturated rings. The van der Waals surface area contributed by atoms with Gasteiger partial charge >= 0.3 is 0 Å². The minimum atomic E-state index is -3.56. The largest absolute Gasteiger partial charge is 0.354 e. The van der Waals surface area contributed by atoms with E-state index in [1.165, 1.54) is 4.31 Å². The highest BCUT2D eigenvalue weighted by atomic mass is 35.5. The van der Waals surface area contributed by atoms with Crippen molar-refractivity contribution in [3.8, 4) is 0 Å². The molecule has 0 aliphatic rings. The lowest BCUT2D eigenvalue weighted by molar-refractivity contribution is -0.141. The van der Waals surface area contributed by atoms with Crippen LogP contribution in [0, 0.1) is 0 Å². The Bertz CT molecular complexity index is 1080. The van der Waals surface area contributed by atoms with Gasteiger partial charge in [0, 0.05) is 36.1 Å². The molecule has 1 atom stereocenters. The van der Waals surface area contributed by atoms with E-state index in [0.29, 0.717) is 35.1 Å². The summed E-state index contributed by atoms with van der Waals surface area (Å²) in [6.07, 6.45) is 2.75. The number of nitrogens with one attached hydrogen (secondary N) is 1. The summed E-state index contributed by atoms with van der Waals surface area (Å²) in [6.45, 7) is 4.74. The maximum Gasteiger partial charge on any atom is 0.242 e. The van der Waals surface area contributed by atoms with Gasteiger partial charge in [-0.2, -0.15) is 0 Å². The second kappa shape index (κ2) is 13.7. The predicted molar refractivity (Wildman–Crippen MR) is 142 cm³/mol. The predicted octanol–water partition coefficient (Wildman–Crippen LogP) is 4.87. The summed E-state index contributed by atoms with van der Waals surface area (Å²) in [4.78, 5) is 27.7. The molecule has 0 radical (unpaired) electrons. The lowest BCUT2D eigenvalue weighted by Gasteiger charge is -2.31. The van der Waals surface area contributed by atoms with Crippen molar-refractivity contribution >= 4 is 50.7 Å². The molecular weight excluding hydrogens is 509 g/mol. The number of benzene rings is 2. The molecule has 0 saturated heterocycles. The molecule has 2 amide bonds. The van der Waals surface area contributed by atoms with Crippen LogP contribution in [0.15, 0.2) is 48.5 Å². The molecule has 0 aromatic heterocycles. The van der Waals surface area contributed by atoms with Crippen LogP contribution in [0.3, 0.4) is 0 Å². The molecule has 2 aromatic rings. The Morgan fingerprint density at radius 3 is 2.06 bits per heavy atom. The first-order valence-corrected chi connectivity index (χ1v) is 14.2.